The van der Waals surface area contributed by atoms with Crippen molar-refractivity contribution < 1.29 is 14.5 Å². The molecule has 0 fully saturated rings. The number of non-ortho nitro benzene ring substituents is 1. The molecular weight excluding hydrogens is 368 g/mol. The summed E-state index contributed by atoms with van der Waals surface area (Å²) in [7, 11) is 0. The number of carbonyl (C=O) groups is 1. The molecule has 7 heteroatoms. The van der Waals surface area contributed by atoms with Crippen LogP contribution in [0.4, 0.5) is 5.69 Å². The van der Waals surface area contributed by atoms with Crippen molar-refractivity contribution in [1.29, 1.82) is 0 Å². The molecule has 0 unspecified atom stereocenters. The lowest BCUT2D eigenvalue weighted by molar-refractivity contribution is -0.384. The fraction of sp³-hybridized carbons (Fsp3) is 0. The van der Waals surface area contributed by atoms with E-state index >= 15 is 0 Å². The molecule has 27 heavy (non-hydrogen) atoms. The number of hydrogen-bond acceptors (Lipinski definition) is 5. The first-order chi connectivity index (χ1) is 13.0. The summed E-state index contributed by atoms with van der Waals surface area (Å²) in [6.45, 7) is 0. The van der Waals surface area contributed by atoms with Crippen LogP contribution in [0, 0.1) is 10.1 Å². The summed E-state index contributed by atoms with van der Waals surface area (Å²) in [6.07, 6.45) is 1.60. The van der Waals surface area contributed by atoms with Crippen molar-refractivity contribution >= 4 is 46.0 Å². The Kier molecular flexibility index (Phi) is 4.18. The number of halogens is 1. The molecule has 0 aromatic heterocycles. The highest BCUT2D eigenvalue weighted by molar-refractivity contribution is 6.34. The van der Waals surface area contributed by atoms with Gasteiger partial charge in [0.25, 0.3) is 5.69 Å². The van der Waals surface area contributed by atoms with Gasteiger partial charge in [0.2, 0.25) is 5.90 Å². The van der Waals surface area contributed by atoms with Crippen LogP contribution in [0.5, 0.6) is 0 Å². The molecule has 0 amide bonds. The van der Waals surface area contributed by atoms with Crippen LogP contribution >= 0.6 is 11.6 Å². The average Bonchev–Trinajstić information content (AvgIpc) is 3.02. The second kappa shape index (κ2) is 6.66. The normalized spacial score (nSPS) is 15.1. The molecule has 1 aliphatic heterocycles. The molecule has 1 aliphatic rings. The van der Waals surface area contributed by atoms with Crippen LogP contribution < -0.4 is 0 Å². The Morgan fingerprint density at radius 1 is 1.04 bits per heavy atom. The van der Waals surface area contributed by atoms with E-state index in [0.717, 1.165) is 16.3 Å². The monoisotopic (exact) mass is 378 g/mol. The maximum Gasteiger partial charge on any atom is 0.363 e. The number of nitro benzene ring substituents is 1. The van der Waals surface area contributed by atoms with Crippen molar-refractivity contribution in [2.45, 2.75) is 0 Å². The topological polar surface area (TPSA) is 81.8 Å². The molecule has 0 saturated carbocycles. The van der Waals surface area contributed by atoms with Gasteiger partial charge in [-0.15, -0.1) is 0 Å². The van der Waals surface area contributed by atoms with Crippen LogP contribution in [0.3, 0.4) is 0 Å². The maximum atomic E-state index is 12.2. The van der Waals surface area contributed by atoms with E-state index < -0.39 is 10.9 Å². The molecule has 3 aromatic rings. The highest BCUT2D eigenvalue weighted by atomic mass is 35.5. The first-order valence-electron chi connectivity index (χ1n) is 7.97. The zero-order chi connectivity index (χ0) is 19.0. The minimum atomic E-state index is -0.638. The Hall–Kier alpha value is -3.51. The number of nitro groups is 1. The van der Waals surface area contributed by atoms with Gasteiger partial charge in [-0.2, -0.15) is 0 Å². The summed E-state index contributed by atoms with van der Waals surface area (Å²) in [4.78, 5) is 26.8. The van der Waals surface area contributed by atoms with Gasteiger partial charge in [0, 0.05) is 12.1 Å². The van der Waals surface area contributed by atoms with Crippen molar-refractivity contribution in [2.24, 2.45) is 4.99 Å². The van der Waals surface area contributed by atoms with Gasteiger partial charge >= 0.3 is 5.97 Å². The molecular formula is C20H11ClN2O4. The third-order valence-corrected chi connectivity index (χ3v) is 4.42. The van der Waals surface area contributed by atoms with E-state index in [-0.39, 0.29) is 27.9 Å². The third kappa shape index (κ3) is 3.30. The van der Waals surface area contributed by atoms with Gasteiger partial charge in [-0.05, 0) is 34.5 Å². The lowest BCUT2D eigenvalue weighted by Crippen LogP contribution is -2.06. The molecule has 1 heterocycles. The second-order valence-corrected chi connectivity index (χ2v) is 6.27. The minimum absolute atomic E-state index is 0.0549. The van der Waals surface area contributed by atoms with Crippen LogP contribution in [0.2, 0.25) is 5.02 Å². The number of aliphatic imine (C=N–C) groups is 1. The van der Waals surface area contributed by atoms with Gasteiger partial charge in [-0.1, -0.05) is 48.0 Å². The second-order valence-electron chi connectivity index (χ2n) is 5.86. The van der Waals surface area contributed by atoms with Gasteiger partial charge in [0.1, 0.15) is 0 Å². The van der Waals surface area contributed by atoms with Gasteiger partial charge < -0.3 is 4.74 Å². The Morgan fingerprint density at radius 2 is 1.81 bits per heavy atom. The molecule has 3 aromatic carbocycles. The number of nitrogens with zero attached hydrogens (tertiary/aromatic N) is 2. The Bertz CT molecular complexity index is 1170. The number of cyclic esters (lactones) is 1. The van der Waals surface area contributed by atoms with E-state index in [1.807, 2.05) is 42.5 Å². The Morgan fingerprint density at radius 3 is 2.59 bits per heavy atom. The molecule has 0 bridgehead atoms. The maximum absolute atomic E-state index is 12.2. The van der Waals surface area contributed by atoms with Crippen molar-refractivity contribution in [3.8, 4) is 0 Å². The number of fused-ring (bicyclic) bond motifs is 1. The van der Waals surface area contributed by atoms with E-state index in [1.165, 1.54) is 18.2 Å². The van der Waals surface area contributed by atoms with Crippen LogP contribution in [0.1, 0.15) is 11.1 Å². The number of ether oxygens (including phenoxy) is 1. The quantitative estimate of drug-likeness (QED) is 0.285. The van der Waals surface area contributed by atoms with E-state index in [0.29, 0.717) is 0 Å². The van der Waals surface area contributed by atoms with Gasteiger partial charge in [-0.3, -0.25) is 10.1 Å². The summed E-state index contributed by atoms with van der Waals surface area (Å²) in [5.41, 5.74) is 0.917. The van der Waals surface area contributed by atoms with Gasteiger partial charge in [0.05, 0.1) is 15.5 Å². The molecule has 6 nitrogen and oxygen atoms in total. The molecule has 0 saturated heterocycles. The highest BCUT2D eigenvalue weighted by Crippen LogP contribution is 2.27. The third-order valence-electron chi connectivity index (χ3n) is 4.09. The van der Waals surface area contributed by atoms with E-state index in [1.54, 1.807) is 6.08 Å². The highest BCUT2D eigenvalue weighted by Gasteiger charge is 2.27. The molecule has 4 rings (SSSR count). The number of hydrogen-bond donors (Lipinski definition) is 0. The van der Waals surface area contributed by atoms with Crippen molar-refractivity contribution in [1.82, 2.24) is 0 Å². The minimum Gasteiger partial charge on any atom is -0.402 e. The molecule has 0 N–H and O–H groups in total. The average molecular weight is 379 g/mol. The van der Waals surface area contributed by atoms with Crippen LogP contribution in [0.25, 0.3) is 16.8 Å². The molecule has 0 aliphatic carbocycles. The Labute approximate surface area is 158 Å². The summed E-state index contributed by atoms with van der Waals surface area (Å²) in [5, 5.41) is 13.3. The molecule has 132 valence electrons. The fourth-order valence-corrected chi connectivity index (χ4v) is 2.97. The Balaban J connectivity index is 1.73. The molecule has 0 radical (unpaired) electrons. The number of rotatable bonds is 3. The van der Waals surface area contributed by atoms with Crippen molar-refractivity contribution in [3.05, 3.63) is 92.6 Å². The number of esters is 1. The van der Waals surface area contributed by atoms with Crippen LogP contribution in [-0.2, 0) is 9.53 Å². The van der Waals surface area contributed by atoms with E-state index in [9.17, 15) is 14.9 Å². The summed E-state index contributed by atoms with van der Waals surface area (Å²) < 4.78 is 5.17. The fourth-order valence-electron chi connectivity index (χ4n) is 2.77. The predicted octanol–water partition coefficient (Wildman–Crippen LogP) is 4.75. The largest absolute Gasteiger partial charge is 0.402 e. The van der Waals surface area contributed by atoms with Gasteiger partial charge in [0.15, 0.2) is 5.70 Å². The predicted molar refractivity (Wildman–Crippen MR) is 103 cm³/mol. The van der Waals surface area contributed by atoms with Gasteiger partial charge in [-0.25, -0.2) is 9.79 Å². The lowest BCUT2D eigenvalue weighted by atomic mass is 10.1. The summed E-state index contributed by atoms with van der Waals surface area (Å²) in [6, 6.07) is 17.5. The first kappa shape index (κ1) is 16.9. The van der Waals surface area contributed by atoms with Crippen LogP contribution in [0.15, 0.2) is 71.4 Å². The van der Waals surface area contributed by atoms with Crippen LogP contribution in [-0.4, -0.2) is 16.8 Å². The smallest absolute Gasteiger partial charge is 0.363 e. The zero-order valence-corrected chi connectivity index (χ0v) is 14.5. The van der Waals surface area contributed by atoms with Crippen molar-refractivity contribution in [3.63, 3.8) is 0 Å². The summed E-state index contributed by atoms with van der Waals surface area (Å²) in [5.74, 6) is -0.693. The number of carbonyl (C=O) groups excluding carboxylic acids is 1. The molecule has 0 spiro atoms. The standard InChI is InChI=1S/C20H11ClN2O4/c21-17-8-7-15(23(25)26)11-16(17)19-22-18(20(24)27-19)10-12-5-6-13-3-1-2-4-14(13)9-12/h1-11H/b18-10+. The van der Waals surface area contributed by atoms with E-state index in [4.69, 9.17) is 16.3 Å². The van der Waals surface area contributed by atoms with Crippen molar-refractivity contribution in [2.75, 3.05) is 0 Å². The first-order valence-corrected chi connectivity index (χ1v) is 8.35. The van der Waals surface area contributed by atoms with E-state index in [2.05, 4.69) is 4.99 Å². The lowest BCUT2D eigenvalue weighted by Gasteiger charge is -2.02. The number of benzene rings is 3. The zero-order valence-electron chi connectivity index (χ0n) is 13.8. The summed E-state index contributed by atoms with van der Waals surface area (Å²) >= 11 is 6.09. The molecule has 0 atom stereocenters. The SMILES string of the molecule is O=C1OC(c2cc([N+](=O)[O-])ccc2Cl)=N/C1=C/c1ccc2ccccc2c1.